The topological polar surface area (TPSA) is 74.8 Å². The Kier molecular flexibility index (Phi) is 9.79. The van der Waals surface area contributed by atoms with Crippen molar-refractivity contribution in [3.63, 3.8) is 0 Å². The molecule has 2 aromatic rings. The van der Waals surface area contributed by atoms with E-state index in [9.17, 15) is 19.2 Å². The minimum atomic E-state index is -0.378. The predicted molar refractivity (Wildman–Crippen MR) is 157 cm³/mol. The van der Waals surface area contributed by atoms with Crippen LogP contribution in [0, 0.1) is 0 Å². The Morgan fingerprint density at radius 3 is 1.24 bits per heavy atom. The second-order valence-corrected chi connectivity index (χ2v) is 12.1. The van der Waals surface area contributed by atoms with Crippen LogP contribution in [0.4, 0.5) is 0 Å². The third kappa shape index (κ3) is 5.48. The quantitative estimate of drug-likeness (QED) is 0.153. The number of hydrogen-bond donors (Lipinski definition) is 0. The highest BCUT2D eigenvalue weighted by atomic mass is 79.9. The fraction of sp³-hybridized carbons (Fsp3) is 0.533. The molecule has 0 spiro atoms. The van der Waals surface area contributed by atoms with Crippen molar-refractivity contribution in [1.29, 1.82) is 0 Å². The molecule has 0 bridgehead atoms. The number of rotatable bonds is 14. The average molecular weight is 648 g/mol. The molecule has 0 radical (unpaired) electrons. The fourth-order valence-electron chi connectivity index (χ4n) is 5.58. The first-order valence-electron chi connectivity index (χ1n) is 14.0. The number of nitrogens with zero attached hydrogens (tertiary/aromatic N) is 2. The van der Waals surface area contributed by atoms with Crippen molar-refractivity contribution < 1.29 is 19.2 Å². The highest BCUT2D eigenvalue weighted by Crippen LogP contribution is 2.44. The van der Waals surface area contributed by atoms with Crippen molar-refractivity contribution in [3.8, 4) is 0 Å². The summed E-state index contributed by atoms with van der Waals surface area (Å²) in [4.78, 5) is 56.9. The molecule has 204 valence electrons. The number of carbonyl (C=O) groups is 4. The highest BCUT2D eigenvalue weighted by molar-refractivity contribution is 9.10. The van der Waals surface area contributed by atoms with Gasteiger partial charge in [0.25, 0.3) is 23.6 Å². The van der Waals surface area contributed by atoms with Gasteiger partial charge in [-0.05, 0) is 56.8 Å². The minimum absolute atomic E-state index is 0.349. The zero-order valence-corrected chi connectivity index (χ0v) is 25.5. The summed E-state index contributed by atoms with van der Waals surface area (Å²) >= 11 is 7.05. The summed E-state index contributed by atoms with van der Waals surface area (Å²) in [6.07, 6.45) is 12.6. The first-order valence-corrected chi connectivity index (χ1v) is 15.6. The van der Waals surface area contributed by atoms with E-state index in [1.165, 1.54) is 35.5 Å². The number of halogens is 2. The molecule has 0 saturated carbocycles. The first kappa shape index (κ1) is 28.9. The van der Waals surface area contributed by atoms with Crippen molar-refractivity contribution in [2.75, 3.05) is 13.1 Å². The van der Waals surface area contributed by atoms with Crippen molar-refractivity contribution in [2.45, 2.75) is 90.9 Å². The van der Waals surface area contributed by atoms with Crippen LogP contribution in [-0.4, -0.2) is 46.5 Å². The highest BCUT2D eigenvalue weighted by Gasteiger charge is 2.41. The Morgan fingerprint density at radius 2 is 0.868 bits per heavy atom. The van der Waals surface area contributed by atoms with Crippen LogP contribution in [0.3, 0.4) is 0 Å². The Bertz CT molecular complexity index is 1180. The molecule has 2 aliphatic heterocycles. The third-order valence-electron chi connectivity index (χ3n) is 7.65. The largest absolute Gasteiger partial charge is 0.274 e. The number of amides is 4. The Balaban J connectivity index is 1.64. The zero-order chi connectivity index (χ0) is 27.4. The molecule has 0 aromatic heterocycles. The van der Waals surface area contributed by atoms with Crippen molar-refractivity contribution in [1.82, 2.24) is 9.80 Å². The number of unbranched alkanes of at least 4 members (excludes halogenated alkanes) is 10. The summed E-state index contributed by atoms with van der Waals surface area (Å²) in [7, 11) is 0. The van der Waals surface area contributed by atoms with E-state index in [4.69, 9.17) is 0 Å². The molecular weight excluding hydrogens is 612 g/mol. The maximum atomic E-state index is 13.6. The van der Waals surface area contributed by atoms with Gasteiger partial charge in [-0.25, -0.2) is 0 Å². The molecule has 4 amide bonds. The van der Waals surface area contributed by atoms with Gasteiger partial charge in [-0.1, -0.05) is 78.1 Å². The maximum absolute atomic E-state index is 13.6. The first-order chi connectivity index (χ1) is 18.3. The van der Waals surface area contributed by atoms with Gasteiger partial charge in [0.05, 0.1) is 11.1 Å². The standard InChI is InChI=1S/C30H36Br2N2O4/c1-3-5-7-9-11-13-15-33-27(35)19-17-22(32)26-24-20(18-21(31)25(23(19)24)29(33)37)28(36)34(30(26)38)16-14-12-10-8-6-4-2/h17-18H,3-16H2,1-2H3. The Hall–Kier alpha value is -2.06. The van der Waals surface area contributed by atoms with Gasteiger partial charge in [0.2, 0.25) is 0 Å². The SMILES string of the molecule is CCCCCCCCN1C(=O)c2cc(Br)c3c4c(cc(Br)c(c24)C1=O)C(=O)N(CCCCCCCC)C3=O. The van der Waals surface area contributed by atoms with Gasteiger partial charge in [-0.2, -0.15) is 0 Å². The lowest BCUT2D eigenvalue weighted by molar-refractivity contribution is 0.0585. The van der Waals surface area contributed by atoms with E-state index < -0.39 is 0 Å². The van der Waals surface area contributed by atoms with E-state index in [0.29, 0.717) is 55.1 Å². The number of hydrogen-bond acceptors (Lipinski definition) is 4. The molecule has 0 N–H and O–H groups in total. The van der Waals surface area contributed by atoms with Crippen LogP contribution in [0.25, 0.3) is 10.8 Å². The molecule has 6 nitrogen and oxygen atoms in total. The maximum Gasteiger partial charge on any atom is 0.262 e. The van der Waals surface area contributed by atoms with Crippen molar-refractivity contribution >= 4 is 66.3 Å². The second-order valence-electron chi connectivity index (χ2n) is 10.4. The predicted octanol–water partition coefficient (Wildman–Crippen LogP) is 8.28. The minimum Gasteiger partial charge on any atom is -0.274 e. The van der Waals surface area contributed by atoms with Crippen LogP contribution < -0.4 is 0 Å². The molecular formula is C30H36Br2N2O4. The average Bonchev–Trinajstić information content (AvgIpc) is 2.89. The molecule has 0 unspecified atom stereocenters. The molecule has 38 heavy (non-hydrogen) atoms. The molecule has 2 aliphatic rings. The third-order valence-corrected chi connectivity index (χ3v) is 8.90. The fourth-order valence-corrected chi connectivity index (χ4v) is 6.77. The monoisotopic (exact) mass is 646 g/mol. The van der Waals surface area contributed by atoms with Crippen LogP contribution in [0.5, 0.6) is 0 Å². The van der Waals surface area contributed by atoms with E-state index in [1.54, 1.807) is 12.1 Å². The van der Waals surface area contributed by atoms with Crippen molar-refractivity contribution in [2.24, 2.45) is 0 Å². The van der Waals surface area contributed by atoms with E-state index in [0.717, 1.165) is 51.4 Å². The summed E-state index contributed by atoms with van der Waals surface area (Å²) in [5.41, 5.74) is 1.40. The Labute approximate surface area is 241 Å². The summed E-state index contributed by atoms with van der Waals surface area (Å²) in [5.74, 6) is -1.50. The van der Waals surface area contributed by atoms with Gasteiger partial charge in [-0.15, -0.1) is 0 Å². The summed E-state index contributed by atoms with van der Waals surface area (Å²) in [6, 6.07) is 3.30. The normalized spacial score (nSPS) is 14.8. The molecule has 0 atom stereocenters. The van der Waals surface area contributed by atoms with E-state index in [1.807, 2.05) is 0 Å². The molecule has 4 rings (SSSR count). The molecule has 2 heterocycles. The smallest absolute Gasteiger partial charge is 0.262 e. The molecule has 8 heteroatoms. The van der Waals surface area contributed by atoms with Crippen LogP contribution in [0.1, 0.15) is 132 Å². The lowest BCUT2D eigenvalue weighted by atomic mass is 9.85. The van der Waals surface area contributed by atoms with E-state index >= 15 is 0 Å². The lowest BCUT2D eigenvalue weighted by Gasteiger charge is -2.33. The molecule has 0 fully saturated rings. The molecule has 0 aliphatic carbocycles. The number of carbonyl (C=O) groups excluding carboxylic acids is 4. The van der Waals surface area contributed by atoms with Gasteiger partial charge in [0.1, 0.15) is 0 Å². The van der Waals surface area contributed by atoms with Crippen molar-refractivity contribution in [3.05, 3.63) is 43.3 Å². The van der Waals surface area contributed by atoms with E-state index in [2.05, 4.69) is 45.7 Å². The van der Waals surface area contributed by atoms with Gasteiger partial charge in [0.15, 0.2) is 0 Å². The zero-order valence-electron chi connectivity index (χ0n) is 22.3. The second kappa shape index (κ2) is 12.9. The molecule has 2 aromatic carbocycles. The number of imide groups is 2. The number of benzene rings is 2. The van der Waals surface area contributed by atoms with Crippen LogP contribution in [0.2, 0.25) is 0 Å². The van der Waals surface area contributed by atoms with Crippen LogP contribution in [-0.2, 0) is 0 Å². The summed E-state index contributed by atoms with van der Waals surface area (Å²) in [6.45, 7) is 5.04. The summed E-state index contributed by atoms with van der Waals surface area (Å²) in [5, 5.41) is 0.811. The van der Waals surface area contributed by atoms with Gasteiger partial charge < -0.3 is 0 Å². The van der Waals surface area contributed by atoms with Gasteiger partial charge in [0, 0.05) is 43.9 Å². The van der Waals surface area contributed by atoms with Gasteiger partial charge in [-0.3, -0.25) is 29.0 Å². The lowest BCUT2D eigenvalue weighted by Crippen LogP contribution is -2.44. The summed E-state index contributed by atoms with van der Waals surface area (Å²) < 4.78 is 0.948. The molecule has 0 saturated heterocycles. The van der Waals surface area contributed by atoms with Crippen LogP contribution >= 0.6 is 31.9 Å². The van der Waals surface area contributed by atoms with E-state index in [-0.39, 0.29) is 23.6 Å². The van der Waals surface area contributed by atoms with Crippen LogP contribution in [0.15, 0.2) is 21.1 Å². The van der Waals surface area contributed by atoms with Gasteiger partial charge >= 0.3 is 0 Å². The Morgan fingerprint density at radius 1 is 0.526 bits per heavy atom.